The Kier molecular flexibility index (Phi) is 3.94. The van der Waals surface area contributed by atoms with Crippen LogP contribution in [0, 0.1) is 6.92 Å². The molecule has 0 atom stereocenters. The molecule has 1 aliphatic rings. The number of hydrogen-bond donors (Lipinski definition) is 0. The van der Waals surface area contributed by atoms with Crippen LogP contribution in [0.2, 0.25) is 5.15 Å². The largest absolute Gasteiger partial charge is 0.438 e. The van der Waals surface area contributed by atoms with E-state index in [9.17, 15) is 0 Å². The van der Waals surface area contributed by atoms with E-state index in [0.717, 1.165) is 54.3 Å². The SMILES string of the molecule is Cc1cccc(-n2nc3c(c2Oc2ccnc(Cl)c2)CCCC3)n1. The third kappa shape index (κ3) is 2.87. The monoisotopic (exact) mass is 340 g/mol. The molecule has 0 aromatic carbocycles. The minimum absolute atomic E-state index is 0.404. The summed E-state index contributed by atoms with van der Waals surface area (Å²) >= 11 is 5.98. The summed E-state index contributed by atoms with van der Waals surface area (Å²) in [4.78, 5) is 8.59. The molecule has 0 fully saturated rings. The summed E-state index contributed by atoms with van der Waals surface area (Å²) in [5.74, 6) is 2.14. The molecular formula is C18H17ClN4O. The Morgan fingerprint density at radius 2 is 2.04 bits per heavy atom. The zero-order valence-electron chi connectivity index (χ0n) is 13.4. The molecule has 0 amide bonds. The fourth-order valence-corrected chi connectivity index (χ4v) is 3.15. The van der Waals surface area contributed by atoms with Crippen LogP contribution in [-0.4, -0.2) is 19.7 Å². The van der Waals surface area contributed by atoms with E-state index < -0.39 is 0 Å². The lowest BCUT2D eigenvalue weighted by atomic mass is 9.98. The molecule has 0 unspecified atom stereocenters. The van der Waals surface area contributed by atoms with Crippen molar-refractivity contribution in [1.82, 2.24) is 19.7 Å². The van der Waals surface area contributed by atoms with Crippen molar-refractivity contribution in [3.8, 4) is 17.4 Å². The highest BCUT2D eigenvalue weighted by atomic mass is 35.5. The van der Waals surface area contributed by atoms with Gasteiger partial charge in [0.25, 0.3) is 0 Å². The van der Waals surface area contributed by atoms with Gasteiger partial charge in [0.15, 0.2) is 5.82 Å². The molecule has 6 heteroatoms. The first-order valence-corrected chi connectivity index (χ1v) is 8.43. The van der Waals surface area contributed by atoms with Crippen LogP contribution in [0.4, 0.5) is 0 Å². The third-order valence-corrected chi connectivity index (χ3v) is 4.32. The Morgan fingerprint density at radius 3 is 2.88 bits per heavy atom. The van der Waals surface area contributed by atoms with Crippen LogP contribution in [0.3, 0.4) is 0 Å². The zero-order valence-corrected chi connectivity index (χ0v) is 14.1. The van der Waals surface area contributed by atoms with Gasteiger partial charge in [-0.05, 0) is 50.8 Å². The minimum Gasteiger partial charge on any atom is -0.438 e. The Balaban J connectivity index is 1.82. The van der Waals surface area contributed by atoms with Crippen molar-refractivity contribution in [2.24, 2.45) is 0 Å². The maximum Gasteiger partial charge on any atom is 0.227 e. The van der Waals surface area contributed by atoms with Crippen LogP contribution >= 0.6 is 11.6 Å². The summed E-state index contributed by atoms with van der Waals surface area (Å²) in [6.07, 6.45) is 5.88. The van der Waals surface area contributed by atoms with Crippen molar-refractivity contribution < 1.29 is 4.74 Å². The molecule has 3 heterocycles. The van der Waals surface area contributed by atoms with E-state index in [-0.39, 0.29) is 0 Å². The molecule has 0 radical (unpaired) electrons. The standard InChI is InChI=1S/C18H17ClN4O/c1-12-5-4-8-17(21-12)23-18(14-6-2-3-7-15(14)22-23)24-13-9-10-20-16(19)11-13/h4-5,8-11H,2-3,6-7H2,1H3. The highest BCUT2D eigenvalue weighted by Crippen LogP contribution is 2.34. The maximum atomic E-state index is 6.16. The molecule has 0 bridgehead atoms. The molecule has 5 nitrogen and oxygen atoms in total. The Labute approximate surface area is 145 Å². The topological polar surface area (TPSA) is 52.8 Å². The molecule has 0 aliphatic heterocycles. The number of nitrogens with zero attached hydrogens (tertiary/aromatic N) is 4. The lowest BCUT2D eigenvalue weighted by Crippen LogP contribution is -2.03. The average molecular weight is 341 g/mol. The molecule has 0 spiro atoms. The fraction of sp³-hybridized carbons (Fsp3) is 0.278. The van der Waals surface area contributed by atoms with Crippen LogP contribution < -0.4 is 4.74 Å². The zero-order chi connectivity index (χ0) is 16.5. The van der Waals surface area contributed by atoms with Gasteiger partial charge in [-0.2, -0.15) is 9.78 Å². The molecule has 122 valence electrons. The van der Waals surface area contributed by atoms with Crippen molar-refractivity contribution in [2.75, 3.05) is 0 Å². The van der Waals surface area contributed by atoms with Gasteiger partial charge in [-0.25, -0.2) is 9.97 Å². The molecule has 4 rings (SSSR count). The van der Waals surface area contributed by atoms with E-state index >= 15 is 0 Å². The number of fused-ring (bicyclic) bond motifs is 1. The van der Waals surface area contributed by atoms with Crippen molar-refractivity contribution >= 4 is 11.6 Å². The van der Waals surface area contributed by atoms with Crippen molar-refractivity contribution in [2.45, 2.75) is 32.6 Å². The molecule has 0 saturated carbocycles. The van der Waals surface area contributed by atoms with Crippen LogP contribution in [-0.2, 0) is 12.8 Å². The highest BCUT2D eigenvalue weighted by molar-refractivity contribution is 6.29. The van der Waals surface area contributed by atoms with Crippen molar-refractivity contribution in [1.29, 1.82) is 0 Å². The summed E-state index contributed by atoms with van der Waals surface area (Å²) in [7, 11) is 0. The molecule has 0 saturated heterocycles. The van der Waals surface area contributed by atoms with E-state index in [1.165, 1.54) is 0 Å². The molecule has 3 aromatic heterocycles. The summed E-state index contributed by atoms with van der Waals surface area (Å²) in [6.45, 7) is 1.97. The van der Waals surface area contributed by atoms with Gasteiger partial charge >= 0.3 is 0 Å². The summed E-state index contributed by atoms with van der Waals surface area (Å²) in [6, 6.07) is 9.39. The second kappa shape index (κ2) is 6.24. The molecule has 1 aliphatic carbocycles. The smallest absolute Gasteiger partial charge is 0.227 e. The van der Waals surface area contributed by atoms with Crippen LogP contribution in [0.5, 0.6) is 11.6 Å². The summed E-state index contributed by atoms with van der Waals surface area (Å²) < 4.78 is 7.96. The number of ether oxygens (including phenoxy) is 1. The van der Waals surface area contributed by atoms with Gasteiger partial charge in [0, 0.05) is 23.5 Å². The van der Waals surface area contributed by atoms with Gasteiger partial charge in [0.1, 0.15) is 10.9 Å². The highest BCUT2D eigenvalue weighted by Gasteiger charge is 2.24. The van der Waals surface area contributed by atoms with E-state index in [1.807, 2.05) is 25.1 Å². The Hall–Kier alpha value is -2.40. The normalized spacial score (nSPS) is 13.6. The molecule has 24 heavy (non-hydrogen) atoms. The summed E-state index contributed by atoms with van der Waals surface area (Å²) in [5, 5.41) is 5.17. The maximum absolute atomic E-state index is 6.16. The van der Waals surface area contributed by atoms with E-state index in [1.54, 1.807) is 23.0 Å². The summed E-state index contributed by atoms with van der Waals surface area (Å²) in [5.41, 5.74) is 3.20. The van der Waals surface area contributed by atoms with Gasteiger partial charge in [-0.15, -0.1) is 0 Å². The molecule has 0 N–H and O–H groups in total. The van der Waals surface area contributed by atoms with Gasteiger partial charge in [0.05, 0.1) is 5.69 Å². The first-order valence-electron chi connectivity index (χ1n) is 8.05. The van der Waals surface area contributed by atoms with Crippen LogP contribution in [0.25, 0.3) is 5.82 Å². The Morgan fingerprint density at radius 1 is 1.17 bits per heavy atom. The van der Waals surface area contributed by atoms with Gasteiger partial charge in [0.2, 0.25) is 5.88 Å². The Bertz CT molecular complexity index is 890. The second-order valence-corrected chi connectivity index (χ2v) is 6.29. The number of halogens is 1. The molecule has 3 aromatic rings. The van der Waals surface area contributed by atoms with Crippen LogP contribution in [0.15, 0.2) is 36.5 Å². The average Bonchev–Trinajstić information content (AvgIpc) is 2.94. The van der Waals surface area contributed by atoms with Gasteiger partial charge in [-0.3, -0.25) is 0 Å². The lowest BCUT2D eigenvalue weighted by molar-refractivity contribution is 0.436. The first kappa shape index (κ1) is 15.1. The van der Waals surface area contributed by atoms with Crippen LogP contribution in [0.1, 0.15) is 29.8 Å². The predicted molar refractivity (Wildman–Crippen MR) is 92.1 cm³/mol. The van der Waals surface area contributed by atoms with Gasteiger partial charge < -0.3 is 4.74 Å². The van der Waals surface area contributed by atoms with Crippen molar-refractivity contribution in [3.63, 3.8) is 0 Å². The lowest BCUT2D eigenvalue weighted by Gasteiger charge is -2.13. The quantitative estimate of drug-likeness (QED) is 0.667. The first-order chi connectivity index (χ1) is 11.7. The number of aryl methyl sites for hydroxylation is 2. The third-order valence-electron chi connectivity index (χ3n) is 4.11. The van der Waals surface area contributed by atoms with E-state index in [2.05, 4.69) is 9.97 Å². The number of hydrogen-bond acceptors (Lipinski definition) is 4. The predicted octanol–water partition coefficient (Wildman–Crippen LogP) is 4.30. The van der Waals surface area contributed by atoms with E-state index in [0.29, 0.717) is 10.9 Å². The molecular weight excluding hydrogens is 324 g/mol. The second-order valence-electron chi connectivity index (χ2n) is 5.90. The van der Waals surface area contributed by atoms with Crippen molar-refractivity contribution in [3.05, 3.63) is 58.6 Å². The van der Waals surface area contributed by atoms with E-state index in [4.69, 9.17) is 21.4 Å². The fourth-order valence-electron chi connectivity index (χ4n) is 2.99. The number of pyridine rings is 2. The minimum atomic E-state index is 0.404. The number of aromatic nitrogens is 4. The number of rotatable bonds is 3. The van der Waals surface area contributed by atoms with Gasteiger partial charge in [-0.1, -0.05) is 17.7 Å².